The van der Waals surface area contributed by atoms with Crippen molar-refractivity contribution in [3.05, 3.63) is 60.0 Å². The standard InChI is InChI=1S/C19H23N3O/c1-14-18(15-6-2-3-7-16(15)21-14)19(17-8-4-5-9-20-17)22-10-12-23-13-11-22/h2-9,17,19-21H,10-13H2,1H3. The van der Waals surface area contributed by atoms with Crippen molar-refractivity contribution >= 4 is 10.9 Å². The summed E-state index contributed by atoms with van der Waals surface area (Å²) in [5.41, 5.74) is 3.88. The molecule has 0 spiro atoms. The number of fused-ring (bicyclic) bond motifs is 1. The highest BCUT2D eigenvalue weighted by atomic mass is 16.5. The summed E-state index contributed by atoms with van der Waals surface area (Å²) >= 11 is 0. The number of nitrogens with zero attached hydrogens (tertiary/aromatic N) is 1. The summed E-state index contributed by atoms with van der Waals surface area (Å²) < 4.78 is 5.57. The fourth-order valence-electron chi connectivity index (χ4n) is 3.78. The van der Waals surface area contributed by atoms with Gasteiger partial charge < -0.3 is 15.0 Å². The van der Waals surface area contributed by atoms with E-state index in [0.29, 0.717) is 6.04 Å². The third-order valence-electron chi connectivity index (χ3n) is 4.83. The van der Waals surface area contributed by atoms with Crippen molar-refractivity contribution in [2.45, 2.75) is 19.0 Å². The number of H-pyrrole nitrogens is 1. The predicted octanol–water partition coefficient (Wildman–Crippen LogP) is 2.89. The molecular weight excluding hydrogens is 286 g/mol. The van der Waals surface area contributed by atoms with Crippen LogP contribution in [0.25, 0.3) is 10.9 Å². The number of aromatic amines is 1. The fraction of sp³-hybridized carbons (Fsp3) is 0.368. The van der Waals surface area contributed by atoms with Crippen molar-refractivity contribution < 1.29 is 4.74 Å². The Balaban J connectivity index is 1.81. The van der Waals surface area contributed by atoms with Gasteiger partial charge in [0, 0.05) is 29.7 Å². The molecule has 4 nitrogen and oxygen atoms in total. The molecule has 0 bridgehead atoms. The van der Waals surface area contributed by atoms with Gasteiger partial charge in [-0.2, -0.15) is 0 Å². The molecule has 2 aliphatic heterocycles. The van der Waals surface area contributed by atoms with Gasteiger partial charge in [0.15, 0.2) is 0 Å². The molecule has 2 N–H and O–H groups in total. The maximum Gasteiger partial charge on any atom is 0.0640 e. The van der Waals surface area contributed by atoms with Crippen LogP contribution in [0.5, 0.6) is 0 Å². The topological polar surface area (TPSA) is 40.3 Å². The maximum absolute atomic E-state index is 5.57. The van der Waals surface area contributed by atoms with Crippen LogP contribution >= 0.6 is 0 Å². The van der Waals surface area contributed by atoms with Crippen molar-refractivity contribution in [3.63, 3.8) is 0 Å². The highest BCUT2D eigenvalue weighted by Gasteiger charge is 2.32. The summed E-state index contributed by atoms with van der Waals surface area (Å²) in [5, 5.41) is 4.86. The molecule has 1 aromatic carbocycles. The van der Waals surface area contributed by atoms with Crippen molar-refractivity contribution in [1.29, 1.82) is 0 Å². The van der Waals surface area contributed by atoms with E-state index in [2.05, 4.69) is 64.6 Å². The Labute approximate surface area is 136 Å². The summed E-state index contributed by atoms with van der Waals surface area (Å²) in [7, 11) is 0. The normalized spacial score (nSPS) is 23.1. The molecule has 2 aliphatic rings. The zero-order valence-electron chi connectivity index (χ0n) is 13.5. The minimum Gasteiger partial charge on any atom is -0.383 e. The third-order valence-corrected chi connectivity index (χ3v) is 4.83. The molecule has 120 valence electrons. The number of para-hydroxylation sites is 1. The third kappa shape index (κ3) is 2.69. The number of rotatable bonds is 3. The monoisotopic (exact) mass is 309 g/mol. The highest BCUT2D eigenvalue weighted by molar-refractivity contribution is 5.85. The lowest BCUT2D eigenvalue weighted by Gasteiger charge is -2.39. The average molecular weight is 309 g/mol. The molecule has 2 unspecified atom stereocenters. The van der Waals surface area contributed by atoms with Gasteiger partial charge in [0.25, 0.3) is 0 Å². The molecule has 2 aromatic rings. The largest absolute Gasteiger partial charge is 0.383 e. The second-order valence-corrected chi connectivity index (χ2v) is 6.24. The van der Waals surface area contributed by atoms with E-state index in [9.17, 15) is 0 Å². The molecule has 3 heterocycles. The van der Waals surface area contributed by atoms with Crippen molar-refractivity contribution in [2.75, 3.05) is 26.3 Å². The van der Waals surface area contributed by atoms with E-state index in [-0.39, 0.29) is 6.04 Å². The molecule has 1 aromatic heterocycles. The van der Waals surface area contributed by atoms with Crippen LogP contribution in [0.3, 0.4) is 0 Å². The number of morpholine rings is 1. The molecule has 0 radical (unpaired) electrons. The number of benzene rings is 1. The number of aromatic nitrogens is 1. The lowest BCUT2D eigenvalue weighted by atomic mass is 9.93. The van der Waals surface area contributed by atoms with Crippen LogP contribution in [0, 0.1) is 6.92 Å². The summed E-state index contributed by atoms with van der Waals surface area (Å²) in [5.74, 6) is 0. The Morgan fingerprint density at radius 3 is 2.78 bits per heavy atom. The lowest BCUT2D eigenvalue weighted by molar-refractivity contribution is 0.0119. The van der Waals surface area contributed by atoms with Gasteiger partial charge in [-0.05, 0) is 30.8 Å². The molecule has 1 fully saturated rings. The van der Waals surface area contributed by atoms with E-state index in [1.807, 2.05) is 6.20 Å². The number of hydrogen-bond donors (Lipinski definition) is 2. The van der Waals surface area contributed by atoms with Crippen LogP contribution in [0.1, 0.15) is 17.3 Å². The van der Waals surface area contributed by atoms with Crippen molar-refractivity contribution in [3.8, 4) is 0 Å². The van der Waals surface area contributed by atoms with E-state index in [4.69, 9.17) is 4.74 Å². The molecule has 1 saturated heterocycles. The Kier molecular flexibility index (Phi) is 3.93. The SMILES string of the molecule is Cc1[nH]c2ccccc2c1C(C1C=CC=CN1)N1CCOCC1. The first-order valence-corrected chi connectivity index (χ1v) is 8.33. The Morgan fingerprint density at radius 2 is 2.00 bits per heavy atom. The quantitative estimate of drug-likeness (QED) is 0.916. The number of ether oxygens (including phenoxy) is 1. The summed E-state index contributed by atoms with van der Waals surface area (Å²) in [6.07, 6.45) is 8.50. The smallest absolute Gasteiger partial charge is 0.0640 e. The van der Waals surface area contributed by atoms with Crippen LogP contribution in [0.15, 0.2) is 48.7 Å². The van der Waals surface area contributed by atoms with Crippen LogP contribution in [0.4, 0.5) is 0 Å². The first-order valence-electron chi connectivity index (χ1n) is 8.33. The summed E-state index contributed by atoms with van der Waals surface area (Å²) in [4.78, 5) is 6.11. The molecular formula is C19H23N3O. The second kappa shape index (κ2) is 6.22. The minimum absolute atomic E-state index is 0.274. The lowest BCUT2D eigenvalue weighted by Crippen LogP contribution is -2.47. The van der Waals surface area contributed by atoms with Gasteiger partial charge in [-0.1, -0.05) is 30.4 Å². The Hall–Kier alpha value is -2.04. The van der Waals surface area contributed by atoms with Crippen LogP contribution in [0.2, 0.25) is 0 Å². The number of dihydropyridines is 1. The Morgan fingerprint density at radius 1 is 1.17 bits per heavy atom. The van der Waals surface area contributed by atoms with E-state index < -0.39 is 0 Å². The Bertz CT molecular complexity index is 740. The van der Waals surface area contributed by atoms with E-state index in [0.717, 1.165) is 26.3 Å². The molecule has 2 atom stereocenters. The van der Waals surface area contributed by atoms with Gasteiger partial charge in [0.2, 0.25) is 0 Å². The molecule has 0 aliphatic carbocycles. The zero-order chi connectivity index (χ0) is 15.6. The van der Waals surface area contributed by atoms with E-state index >= 15 is 0 Å². The molecule has 23 heavy (non-hydrogen) atoms. The van der Waals surface area contributed by atoms with Crippen molar-refractivity contribution in [2.24, 2.45) is 0 Å². The van der Waals surface area contributed by atoms with Crippen LogP contribution in [-0.2, 0) is 4.74 Å². The van der Waals surface area contributed by atoms with Crippen LogP contribution in [-0.4, -0.2) is 42.2 Å². The van der Waals surface area contributed by atoms with Gasteiger partial charge >= 0.3 is 0 Å². The molecule has 4 heteroatoms. The first-order chi connectivity index (χ1) is 11.3. The molecule has 4 rings (SSSR count). The number of allylic oxidation sites excluding steroid dienone is 2. The number of hydrogen-bond acceptors (Lipinski definition) is 3. The van der Waals surface area contributed by atoms with Gasteiger partial charge in [-0.15, -0.1) is 0 Å². The van der Waals surface area contributed by atoms with Crippen LogP contribution < -0.4 is 5.32 Å². The first kappa shape index (κ1) is 14.5. The van der Waals surface area contributed by atoms with E-state index in [1.54, 1.807) is 0 Å². The molecule has 0 saturated carbocycles. The maximum atomic E-state index is 5.57. The summed E-state index contributed by atoms with van der Waals surface area (Å²) in [6, 6.07) is 9.18. The van der Waals surface area contributed by atoms with Crippen molar-refractivity contribution in [1.82, 2.24) is 15.2 Å². The zero-order valence-corrected chi connectivity index (χ0v) is 13.5. The van der Waals surface area contributed by atoms with Gasteiger partial charge in [-0.3, -0.25) is 4.90 Å². The highest BCUT2D eigenvalue weighted by Crippen LogP contribution is 2.35. The predicted molar refractivity (Wildman–Crippen MR) is 93.4 cm³/mol. The molecule has 0 amide bonds. The minimum atomic E-state index is 0.274. The van der Waals surface area contributed by atoms with Gasteiger partial charge in [0.05, 0.1) is 25.3 Å². The average Bonchev–Trinajstić information content (AvgIpc) is 2.94. The van der Waals surface area contributed by atoms with E-state index in [1.165, 1.54) is 22.2 Å². The second-order valence-electron chi connectivity index (χ2n) is 6.24. The number of aryl methyl sites for hydroxylation is 1. The number of nitrogens with one attached hydrogen (secondary N) is 2. The van der Waals surface area contributed by atoms with Gasteiger partial charge in [-0.25, -0.2) is 0 Å². The van der Waals surface area contributed by atoms with Gasteiger partial charge in [0.1, 0.15) is 0 Å². The summed E-state index contributed by atoms with van der Waals surface area (Å²) in [6.45, 7) is 5.75. The fourth-order valence-corrected chi connectivity index (χ4v) is 3.78.